The van der Waals surface area contributed by atoms with Gasteiger partial charge < -0.3 is 9.84 Å². The highest BCUT2D eigenvalue weighted by Gasteiger charge is 2.13. The minimum Gasteiger partial charge on any atom is -0.494 e. The molecule has 3 nitrogen and oxygen atoms in total. The number of aliphatic carboxylic acids is 1. The number of benzene rings is 1. The third-order valence-electron chi connectivity index (χ3n) is 4.07. The van der Waals surface area contributed by atoms with Crippen molar-refractivity contribution in [2.45, 2.75) is 59.3 Å². The number of ether oxygens (including phenoxy) is 1. The average Bonchev–Trinajstić information content (AvgIpc) is 2.54. The van der Waals surface area contributed by atoms with E-state index >= 15 is 0 Å². The van der Waals surface area contributed by atoms with Gasteiger partial charge in [0.1, 0.15) is 5.75 Å². The van der Waals surface area contributed by atoms with Crippen molar-refractivity contribution in [1.82, 2.24) is 0 Å². The van der Waals surface area contributed by atoms with E-state index in [4.69, 9.17) is 9.84 Å². The Kier molecular flexibility index (Phi) is 9.47. The molecule has 1 rings (SSSR count). The molecule has 1 N–H and O–H groups in total. The highest BCUT2D eigenvalue weighted by molar-refractivity contribution is 5.69. The monoisotopic (exact) mass is 342 g/mol. The summed E-state index contributed by atoms with van der Waals surface area (Å²) in [5.74, 6) is 6.11. The molecule has 0 aromatic heterocycles. The maximum absolute atomic E-state index is 10.9. The Balaban J connectivity index is 2.46. The molecule has 0 heterocycles. The number of carbonyl (C=O) groups is 1. The molecule has 136 valence electrons. The number of carboxylic acids is 1. The van der Waals surface area contributed by atoms with E-state index in [-0.39, 0.29) is 12.3 Å². The van der Waals surface area contributed by atoms with Gasteiger partial charge in [-0.2, -0.15) is 0 Å². The van der Waals surface area contributed by atoms with Crippen molar-refractivity contribution in [1.29, 1.82) is 0 Å². The van der Waals surface area contributed by atoms with E-state index in [1.54, 1.807) is 6.92 Å². The molecule has 0 aliphatic carbocycles. The lowest BCUT2D eigenvalue weighted by Gasteiger charge is -2.13. The van der Waals surface area contributed by atoms with Crippen molar-refractivity contribution < 1.29 is 14.6 Å². The molecule has 1 aromatic rings. The van der Waals surface area contributed by atoms with E-state index in [0.29, 0.717) is 12.5 Å². The first kappa shape index (κ1) is 20.8. The van der Waals surface area contributed by atoms with E-state index in [1.807, 2.05) is 24.3 Å². The quantitative estimate of drug-likeness (QED) is 0.456. The average molecular weight is 342 g/mol. The van der Waals surface area contributed by atoms with E-state index in [0.717, 1.165) is 24.2 Å². The van der Waals surface area contributed by atoms with Gasteiger partial charge in [-0.05, 0) is 63.6 Å². The Morgan fingerprint density at radius 2 is 1.92 bits per heavy atom. The third-order valence-corrected chi connectivity index (χ3v) is 4.07. The van der Waals surface area contributed by atoms with E-state index in [1.165, 1.54) is 12.0 Å². The number of hydrogen-bond donors (Lipinski definition) is 1. The zero-order valence-electron chi connectivity index (χ0n) is 15.8. The van der Waals surface area contributed by atoms with Gasteiger partial charge in [0.2, 0.25) is 0 Å². The van der Waals surface area contributed by atoms with Crippen LogP contribution >= 0.6 is 0 Å². The third kappa shape index (κ3) is 9.00. The van der Waals surface area contributed by atoms with Crippen LogP contribution in [0.3, 0.4) is 0 Å². The van der Waals surface area contributed by atoms with Gasteiger partial charge in [-0.15, -0.1) is 5.92 Å². The highest BCUT2D eigenvalue weighted by atomic mass is 16.5. The Morgan fingerprint density at radius 3 is 2.48 bits per heavy atom. The van der Waals surface area contributed by atoms with Crippen LogP contribution in [0.2, 0.25) is 0 Å². The number of carboxylic acid groups (broad SMARTS) is 1. The first-order valence-electron chi connectivity index (χ1n) is 8.92. The summed E-state index contributed by atoms with van der Waals surface area (Å²) in [4.78, 5) is 10.9. The van der Waals surface area contributed by atoms with Crippen LogP contribution in [0.4, 0.5) is 0 Å². The molecule has 0 amide bonds. The Labute approximate surface area is 152 Å². The number of rotatable bonds is 10. The topological polar surface area (TPSA) is 46.5 Å². The van der Waals surface area contributed by atoms with Crippen molar-refractivity contribution in [3.05, 3.63) is 41.5 Å². The van der Waals surface area contributed by atoms with Crippen molar-refractivity contribution in [2.24, 2.45) is 5.92 Å². The second-order valence-corrected chi connectivity index (χ2v) is 6.71. The standard InChI is InChI=1S/C22H30O3/c1-5-7-20(16-22(23)24)19-10-12-21(13-11-19)25-15-14-18(4)9-6-8-17(2)3/h8,10-13,18,20H,6,9,14-16H2,1-4H3,(H,23,24)/t18-,20-/m0/s1. The van der Waals surface area contributed by atoms with Crippen molar-refractivity contribution in [3.8, 4) is 17.6 Å². The number of hydrogen-bond acceptors (Lipinski definition) is 2. The highest BCUT2D eigenvalue weighted by Crippen LogP contribution is 2.22. The molecule has 0 fully saturated rings. The molecule has 0 spiro atoms. The molecule has 1 aromatic carbocycles. The zero-order valence-corrected chi connectivity index (χ0v) is 15.8. The summed E-state index contributed by atoms with van der Waals surface area (Å²) in [6.07, 6.45) is 5.63. The molecule has 0 radical (unpaired) electrons. The maximum atomic E-state index is 10.9. The van der Waals surface area contributed by atoms with Crippen LogP contribution in [0.15, 0.2) is 35.9 Å². The first-order valence-corrected chi connectivity index (χ1v) is 8.92. The van der Waals surface area contributed by atoms with Gasteiger partial charge in [-0.3, -0.25) is 4.79 Å². The van der Waals surface area contributed by atoms with Crippen LogP contribution in [0.5, 0.6) is 5.75 Å². The van der Waals surface area contributed by atoms with Crippen molar-refractivity contribution in [2.75, 3.05) is 6.61 Å². The Bertz CT molecular complexity index is 613. The molecule has 0 unspecified atom stereocenters. The van der Waals surface area contributed by atoms with Crippen LogP contribution in [0.1, 0.15) is 64.9 Å². The van der Waals surface area contributed by atoms with Crippen LogP contribution in [0.25, 0.3) is 0 Å². The molecule has 0 saturated carbocycles. The van der Waals surface area contributed by atoms with Crippen LogP contribution in [-0.2, 0) is 4.79 Å². The van der Waals surface area contributed by atoms with Crippen LogP contribution in [-0.4, -0.2) is 17.7 Å². The second-order valence-electron chi connectivity index (χ2n) is 6.71. The molecular formula is C22H30O3. The summed E-state index contributed by atoms with van der Waals surface area (Å²) in [6.45, 7) is 8.94. The molecular weight excluding hydrogens is 312 g/mol. The Morgan fingerprint density at radius 1 is 1.24 bits per heavy atom. The largest absolute Gasteiger partial charge is 0.494 e. The van der Waals surface area contributed by atoms with E-state index < -0.39 is 5.97 Å². The fourth-order valence-corrected chi connectivity index (χ4v) is 2.58. The van der Waals surface area contributed by atoms with Crippen LogP contribution in [0, 0.1) is 17.8 Å². The SMILES string of the molecule is CC#C[C@@H](CC(=O)O)c1ccc(OCC[C@@H](C)CCC=C(C)C)cc1. The van der Waals surface area contributed by atoms with E-state index in [2.05, 4.69) is 38.7 Å². The fourth-order valence-electron chi connectivity index (χ4n) is 2.58. The minimum atomic E-state index is -0.838. The predicted octanol–water partition coefficient (Wildman–Crippen LogP) is 5.42. The summed E-state index contributed by atoms with van der Waals surface area (Å²) < 4.78 is 5.81. The van der Waals surface area contributed by atoms with E-state index in [9.17, 15) is 4.79 Å². The lowest BCUT2D eigenvalue weighted by atomic mass is 9.96. The normalized spacial score (nSPS) is 12.5. The van der Waals surface area contributed by atoms with Gasteiger partial charge >= 0.3 is 5.97 Å². The van der Waals surface area contributed by atoms with Gasteiger partial charge in [0.25, 0.3) is 0 Å². The summed E-state index contributed by atoms with van der Waals surface area (Å²) in [5.41, 5.74) is 2.29. The van der Waals surface area contributed by atoms with Gasteiger partial charge in [0.15, 0.2) is 0 Å². The smallest absolute Gasteiger partial charge is 0.304 e. The lowest BCUT2D eigenvalue weighted by Crippen LogP contribution is -2.06. The molecule has 2 atom stereocenters. The molecule has 0 saturated heterocycles. The number of allylic oxidation sites excluding steroid dienone is 2. The molecule has 0 aliphatic rings. The molecule has 3 heteroatoms. The maximum Gasteiger partial charge on any atom is 0.304 e. The van der Waals surface area contributed by atoms with Gasteiger partial charge in [-0.1, -0.05) is 36.6 Å². The van der Waals surface area contributed by atoms with Gasteiger partial charge in [0, 0.05) is 0 Å². The van der Waals surface area contributed by atoms with Gasteiger partial charge in [-0.25, -0.2) is 0 Å². The van der Waals surface area contributed by atoms with Gasteiger partial charge in [0.05, 0.1) is 18.9 Å². The van der Waals surface area contributed by atoms with Crippen LogP contribution < -0.4 is 4.74 Å². The summed E-state index contributed by atoms with van der Waals surface area (Å²) in [5, 5.41) is 8.99. The van der Waals surface area contributed by atoms with Crippen molar-refractivity contribution >= 4 is 5.97 Å². The lowest BCUT2D eigenvalue weighted by molar-refractivity contribution is -0.137. The van der Waals surface area contributed by atoms with Crippen molar-refractivity contribution in [3.63, 3.8) is 0 Å². The molecule has 0 aliphatic heterocycles. The summed E-state index contributed by atoms with van der Waals surface area (Å²) in [6, 6.07) is 7.61. The molecule has 0 bridgehead atoms. The Hall–Kier alpha value is -2.21. The summed E-state index contributed by atoms with van der Waals surface area (Å²) in [7, 11) is 0. The summed E-state index contributed by atoms with van der Waals surface area (Å²) >= 11 is 0. The minimum absolute atomic E-state index is 0.0181. The fraction of sp³-hybridized carbons (Fsp3) is 0.500. The first-order chi connectivity index (χ1) is 11.9. The predicted molar refractivity (Wildman–Crippen MR) is 103 cm³/mol. The zero-order chi connectivity index (χ0) is 18.7. The second kappa shape index (κ2) is 11.4. The molecule has 25 heavy (non-hydrogen) atoms.